The van der Waals surface area contributed by atoms with Gasteiger partial charge in [0, 0.05) is 10.5 Å². The summed E-state index contributed by atoms with van der Waals surface area (Å²) in [4.78, 5) is 7.76. The van der Waals surface area contributed by atoms with Gasteiger partial charge in [0.05, 0.1) is 5.69 Å². The van der Waals surface area contributed by atoms with Crippen molar-refractivity contribution in [2.24, 2.45) is 0 Å². The molecular formula is C11H7BrFN5. The molecule has 1 heterocycles. The fourth-order valence-corrected chi connectivity index (χ4v) is 1.64. The number of halogens is 2. The largest absolute Gasteiger partial charge is 0.338 e. The molecule has 1 aromatic heterocycles. The van der Waals surface area contributed by atoms with Gasteiger partial charge in [0.1, 0.15) is 23.8 Å². The standard InChI is InChI=1S/C11H7BrFN5/c12-7-1-2-8(13)9(3-7)18-11-4-10(15-5-14)16-6-17-11/h1-4,6H,(H2,15,16,17,18). The maximum atomic E-state index is 13.5. The Morgan fingerprint density at radius 1 is 1.22 bits per heavy atom. The molecule has 0 aliphatic heterocycles. The lowest BCUT2D eigenvalue weighted by Crippen LogP contribution is -1.99. The van der Waals surface area contributed by atoms with Crippen molar-refractivity contribution in [1.29, 1.82) is 5.26 Å². The molecule has 0 saturated carbocycles. The van der Waals surface area contributed by atoms with E-state index in [0.717, 1.165) is 4.47 Å². The van der Waals surface area contributed by atoms with Crippen LogP contribution in [0.4, 0.5) is 21.7 Å². The Morgan fingerprint density at radius 3 is 2.78 bits per heavy atom. The first-order valence-electron chi connectivity index (χ1n) is 4.88. The molecule has 0 atom stereocenters. The quantitative estimate of drug-likeness (QED) is 0.673. The monoisotopic (exact) mass is 307 g/mol. The molecule has 0 unspecified atom stereocenters. The summed E-state index contributed by atoms with van der Waals surface area (Å²) in [5.41, 5.74) is 0.283. The second-order valence-corrected chi connectivity index (χ2v) is 4.19. The van der Waals surface area contributed by atoms with Crippen LogP contribution in [0.25, 0.3) is 0 Å². The molecule has 5 nitrogen and oxygen atoms in total. The van der Waals surface area contributed by atoms with E-state index in [1.165, 1.54) is 18.5 Å². The van der Waals surface area contributed by atoms with E-state index >= 15 is 0 Å². The highest BCUT2D eigenvalue weighted by Crippen LogP contribution is 2.23. The van der Waals surface area contributed by atoms with Crippen LogP contribution >= 0.6 is 15.9 Å². The van der Waals surface area contributed by atoms with E-state index in [0.29, 0.717) is 11.6 Å². The van der Waals surface area contributed by atoms with Crippen molar-refractivity contribution in [3.8, 4) is 6.19 Å². The summed E-state index contributed by atoms with van der Waals surface area (Å²) in [7, 11) is 0. The number of nitrogens with one attached hydrogen (secondary N) is 2. The lowest BCUT2D eigenvalue weighted by atomic mass is 10.3. The second-order valence-electron chi connectivity index (χ2n) is 3.27. The average Bonchev–Trinajstić information content (AvgIpc) is 2.35. The van der Waals surface area contributed by atoms with Crippen molar-refractivity contribution in [3.63, 3.8) is 0 Å². The fraction of sp³-hybridized carbons (Fsp3) is 0. The summed E-state index contributed by atoms with van der Waals surface area (Å²) in [6.07, 6.45) is 3.02. The van der Waals surface area contributed by atoms with Crippen molar-refractivity contribution in [3.05, 3.63) is 40.9 Å². The van der Waals surface area contributed by atoms with E-state index in [2.05, 4.69) is 36.5 Å². The Hall–Kier alpha value is -2.20. The minimum atomic E-state index is -0.397. The number of nitrogens with zero attached hydrogens (tertiary/aromatic N) is 3. The van der Waals surface area contributed by atoms with Gasteiger partial charge in [0.25, 0.3) is 0 Å². The Kier molecular flexibility index (Phi) is 3.69. The van der Waals surface area contributed by atoms with Crippen LogP contribution in [-0.2, 0) is 0 Å². The fourth-order valence-electron chi connectivity index (χ4n) is 1.28. The van der Waals surface area contributed by atoms with E-state index in [4.69, 9.17) is 5.26 Å². The van der Waals surface area contributed by atoms with Gasteiger partial charge in [-0.3, -0.25) is 5.32 Å². The minimum Gasteiger partial charge on any atom is -0.338 e. The molecule has 90 valence electrons. The smallest absolute Gasteiger partial charge is 0.182 e. The zero-order valence-corrected chi connectivity index (χ0v) is 10.6. The molecule has 0 spiro atoms. The molecule has 1 aromatic carbocycles. The zero-order chi connectivity index (χ0) is 13.0. The highest BCUT2D eigenvalue weighted by Gasteiger charge is 2.04. The third kappa shape index (κ3) is 2.93. The molecular weight excluding hydrogens is 301 g/mol. The molecule has 2 rings (SSSR count). The SMILES string of the molecule is N#CNc1cc(Nc2cc(Br)ccc2F)ncn1. The lowest BCUT2D eigenvalue weighted by Gasteiger charge is -2.07. The van der Waals surface area contributed by atoms with Gasteiger partial charge in [-0.15, -0.1) is 0 Å². The highest BCUT2D eigenvalue weighted by atomic mass is 79.9. The number of anilines is 3. The minimum absolute atomic E-state index is 0.283. The van der Waals surface area contributed by atoms with E-state index in [1.807, 2.05) is 0 Å². The first kappa shape index (κ1) is 12.3. The first-order chi connectivity index (χ1) is 8.69. The van der Waals surface area contributed by atoms with Gasteiger partial charge in [0.15, 0.2) is 6.19 Å². The first-order valence-corrected chi connectivity index (χ1v) is 5.67. The summed E-state index contributed by atoms with van der Waals surface area (Å²) in [5.74, 6) is 0.330. The molecule has 2 aromatic rings. The third-order valence-corrected chi connectivity index (χ3v) is 2.54. The predicted octanol–water partition coefficient (Wildman–Crippen LogP) is 3.01. The van der Waals surface area contributed by atoms with Crippen LogP contribution in [0.3, 0.4) is 0 Å². The Labute approximate surface area is 111 Å². The topological polar surface area (TPSA) is 73.6 Å². The third-order valence-electron chi connectivity index (χ3n) is 2.04. The number of nitriles is 1. The Morgan fingerprint density at radius 2 is 2.00 bits per heavy atom. The van der Waals surface area contributed by atoms with Crippen molar-refractivity contribution in [2.75, 3.05) is 10.6 Å². The maximum Gasteiger partial charge on any atom is 0.182 e. The van der Waals surface area contributed by atoms with Gasteiger partial charge in [-0.25, -0.2) is 14.4 Å². The van der Waals surface area contributed by atoms with Crippen LogP contribution in [0.2, 0.25) is 0 Å². The molecule has 0 amide bonds. The molecule has 2 N–H and O–H groups in total. The van der Waals surface area contributed by atoms with Crippen molar-refractivity contribution >= 4 is 33.3 Å². The molecule has 0 fully saturated rings. The molecule has 0 radical (unpaired) electrons. The summed E-state index contributed by atoms with van der Waals surface area (Å²) in [5, 5.41) is 13.7. The Bertz CT molecular complexity index is 611. The summed E-state index contributed by atoms with van der Waals surface area (Å²) < 4.78 is 14.3. The van der Waals surface area contributed by atoms with Gasteiger partial charge in [-0.2, -0.15) is 5.26 Å². The summed E-state index contributed by atoms with van der Waals surface area (Å²) >= 11 is 3.25. The molecule has 0 aliphatic carbocycles. The predicted molar refractivity (Wildman–Crippen MR) is 68.7 cm³/mol. The molecule has 0 bridgehead atoms. The van der Waals surface area contributed by atoms with Gasteiger partial charge in [-0.05, 0) is 18.2 Å². The van der Waals surface area contributed by atoms with E-state index in [-0.39, 0.29) is 5.69 Å². The molecule has 0 saturated heterocycles. The van der Waals surface area contributed by atoms with Crippen molar-refractivity contribution < 1.29 is 4.39 Å². The van der Waals surface area contributed by atoms with Crippen LogP contribution < -0.4 is 10.6 Å². The van der Waals surface area contributed by atoms with Crippen LogP contribution in [0.15, 0.2) is 35.1 Å². The lowest BCUT2D eigenvalue weighted by molar-refractivity contribution is 0.631. The van der Waals surface area contributed by atoms with Crippen LogP contribution in [0.1, 0.15) is 0 Å². The van der Waals surface area contributed by atoms with Gasteiger partial charge < -0.3 is 5.32 Å². The Balaban J connectivity index is 2.26. The van der Waals surface area contributed by atoms with Crippen LogP contribution in [0.5, 0.6) is 0 Å². The van der Waals surface area contributed by atoms with Crippen LogP contribution in [-0.4, -0.2) is 9.97 Å². The number of hydrogen-bond donors (Lipinski definition) is 2. The number of benzene rings is 1. The molecule has 0 aliphatic rings. The average molecular weight is 308 g/mol. The van der Waals surface area contributed by atoms with Crippen LogP contribution in [0, 0.1) is 17.3 Å². The van der Waals surface area contributed by atoms with Gasteiger partial charge in [-0.1, -0.05) is 15.9 Å². The van der Waals surface area contributed by atoms with E-state index < -0.39 is 5.82 Å². The number of rotatable bonds is 3. The molecule has 7 heteroatoms. The van der Waals surface area contributed by atoms with Gasteiger partial charge in [0.2, 0.25) is 0 Å². The number of aromatic nitrogens is 2. The van der Waals surface area contributed by atoms with E-state index in [9.17, 15) is 4.39 Å². The normalized spacial score (nSPS) is 9.61. The summed E-state index contributed by atoms with van der Waals surface area (Å²) in [6, 6.07) is 6.03. The highest BCUT2D eigenvalue weighted by molar-refractivity contribution is 9.10. The molecule has 18 heavy (non-hydrogen) atoms. The maximum absolute atomic E-state index is 13.5. The summed E-state index contributed by atoms with van der Waals surface area (Å²) in [6.45, 7) is 0. The van der Waals surface area contributed by atoms with Gasteiger partial charge >= 0.3 is 0 Å². The van der Waals surface area contributed by atoms with E-state index in [1.54, 1.807) is 18.3 Å². The van der Waals surface area contributed by atoms with Crippen molar-refractivity contribution in [1.82, 2.24) is 9.97 Å². The second kappa shape index (κ2) is 5.42. The van der Waals surface area contributed by atoms with Crippen molar-refractivity contribution in [2.45, 2.75) is 0 Å². The number of hydrogen-bond acceptors (Lipinski definition) is 5. The zero-order valence-electron chi connectivity index (χ0n) is 8.98.